The first-order chi connectivity index (χ1) is 8.44. The summed E-state index contributed by atoms with van der Waals surface area (Å²) in [4.78, 5) is 0.183. The monoisotopic (exact) mass is 273 g/mol. The summed E-state index contributed by atoms with van der Waals surface area (Å²) in [5, 5.41) is 16.3. The number of hydrogen-bond donors (Lipinski definition) is 2. The highest BCUT2D eigenvalue weighted by Gasteiger charge is 2.35. The van der Waals surface area contributed by atoms with E-state index in [1.54, 1.807) is 6.92 Å². The van der Waals surface area contributed by atoms with E-state index in [0.717, 1.165) is 12.8 Å². The van der Waals surface area contributed by atoms with Crippen molar-refractivity contribution >= 4 is 10.0 Å². The van der Waals surface area contributed by atoms with E-state index in [-0.39, 0.29) is 10.9 Å². The average Bonchev–Trinajstić information content (AvgIpc) is 2.76. The van der Waals surface area contributed by atoms with E-state index in [0.29, 0.717) is 18.5 Å². The van der Waals surface area contributed by atoms with Crippen LogP contribution in [0.3, 0.4) is 0 Å². The summed E-state index contributed by atoms with van der Waals surface area (Å²) in [6.45, 7) is 1.67. The molecule has 0 radical (unpaired) electrons. The Morgan fingerprint density at radius 2 is 2.11 bits per heavy atom. The first kappa shape index (κ1) is 13.5. The van der Waals surface area contributed by atoms with E-state index in [2.05, 4.69) is 10.2 Å². The van der Waals surface area contributed by atoms with Crippen LogP contribution in [-0.2, 0) is 10.0 Å². The van der Waals surface area contributed by atoms with Crippen molar-refractivity contribution in [3.63, 3.8) is 0 Å². The van der Waals surface area contributed by atoms with Crippen molar-refractivity contribution in [2.24, 2.45) is 0 Å². The number of sulfonamides is 1. The zero-order valence-corrected chi connectivity index (χ0v) is 11.4. The Kier molecular flexibility index (Phi) is 3.74. The first-order valence-electron chi connectivity index (χ1n) is 6.10. The van der Waals surface area contributed by atoms with Crippen LogP contribution in [-0.4, -0.2) is 47.2 Å². The maximum Gasteiger partial charge on any atom is 0.246 e. The maximum atomic E-state index is 12.4. The number of aliphatic hydroxyl groups excluding tert-OH is 1. The Hall–Kier alpha value is -0.920. The van der Waals surface area contributed by atoms with Crippen LogP contribution in [0.2, 0.25) is 0 Å². The van der Waals surface area contributed by atoms with Crippen molar-refractivity contribution in [3.8, 4) is 0 Å². The number of likely N-dealkylation sites (N-methyl/N-ethyl adjacent to an activating group) is 1. The average molecular weight is 273 g/mol. The molecule has 6 nitrogen and oxygen atoms in total. The molecule has 2 unspecified atom stereocenters. The molecule has 2 N–H and O–H groups in total. The molecule has 0 aliphatic heterocycles. The van der Waals surface area contributed by atoms with E-state index < -0.39 is 16.1 Å². The highest BCUT2D eigenvalue weighted by molar-refractivity contribution is 7.89. The number of aryl methyl sites for hydroxylation is 1. The molecule has 102 valence electrons. The third kappa shape index (κ3) is 2.30. The molecule has 0 aromatic carbocycles. The molecule has 2 rings (SSSR count). The number of H-pyrrole nitrogens is 1. The van der Waals surface area contributed by atoms with Gasteiger partial charge in [-0.2, -0.15) is 9.40 Å². The fourth-order valence-corrected chi connectivity index (χ4v) is 3.98. The molecule has 0 spiro atoms. The van der Waals surface area contributed by atoms with Crippen LogP contribution in [0.1, 0.15) is 31.4 Å². The quantitative estimate of drug-likeness (QED) is 0.846. The van der Waals surface area contributed by atoms with Gasteiger partial charge in [0.1, 0.15) is 4.90 Å². The van der Waals surface area contributed by atoms with Gasteiger partial charge in [-0.3, -0.25) is 5.10 Å². The van der Waals surface area contributed by atoms with Crippen molar-refractivity contribution in [1.29, 1.82) is 0 Å². The molecule has 18 heavy (non-hydrogen) atoms. The molecular weight excluding hydrogens is 254 g/mol. The molecule has 1 aliphatic rings. The van der Waals surface area contributed by atoms with E-state index in [1.807, 2.05) is 0 Å². The third-order valence-corrected chi connectivity index (χ3v) is 5.60. The van der Waals surface area contributed by atoms with Gasteiger partial charge in [-0.15, -0.1) is 0 Å². The molecule has 2 atom stereocenters. The Balaban J connectivity index is 2.27. The first-order valence-corrected chi connectivity index (χ1v) is 7.54. The lowest BCUT2D eigenvalue weighted by atomic mass is 9.93. The van der Waals surface area contributed by atoms with Gasteiger partial charge in [-0.1, -0.05) is 12.8 Å². The summed E-state index contributed by atoms with van der Waals surface area (Å²) in [5.41, 5.74) is 0.521. The molecule has 1 fully saturated rings. The summed E-state index contributed by atoms with van der Waals surface area (Å²) < 4.78 is 26.1. The number of aromatic amines is 1. The van der Waals surface area contributed by atoms with E-state index in [1.165, 1.54) is 17.5 Å². The van der Waals surface area contributed by atoms with Gasteiger partial charge >= 0.3 is 0 Å². The van der Waals surface area contributed by atoms with Crippen LogP contribution in [0.4, 0.5) is 0 Å². The molecule has 1 saturated carbocycles. The van der Waals surface area contributed by atoms with Crippen molar-refractivity contribution in [2.75, 3.05) is 7.05 Å². The molecule has 1 heterocycles. The van der Waals surface area contributed by atoms with Crippen LogP contribution in [0.15, 0.2) is 11.1 Å². The molecule has 0 amide bonds. The van der Waals surface area contributed by atoms with Crippen LogP contribution in [0.5, 0.6) is 0 Å². The van der Waals surface area contributed by atoms with Gasteiger partial charge in [0, 0.05) is 7.05 Å². The predicted molar refractivity (Wildman–Crippen MR) is 66.5 cm³/mol. The lowest BCUT2D eigenvalue weighted by molar-refractivity contribution is 0.0638. The molecule has 1 aromatic rings. The fraction of sp³-hybridized carbons (Fsp3) is 0.727. The fourth-order valence-electron chi connectivity index (χ4n) is 2.45. The second kappa shape index (κ2) is 4.99. The van der Waals surface area contributed by atoms with E-state index in [4.69, 9.17) is 0 Å². The summed E-state index contributed by atoms with van der Waals surface area (Å²) >= 11 is 0. The predicted octanol–water partition coefficient (Wildman–Crippen LogP) is 0.642. The standard InChI is InChI=1S/C11H19N3O3S/c1-8-11(7-12-13-8)18(16,17)14(2)9-5-3-4-6-10(9)15/h7,9-10,15H,3-6H2,1-2H3,(H,12,13). The van der Waals surface area contributed by atoms with Gasteiger partial charge in [-0.05, 0) is 19.8 Å². The van der Waals surface area contributed by atoms with E-state index in [9.17, 15) is 13.5 Å². The summed E-state index contributed by atoms with van der Waals surface area (Å²) in [6, 6.07) is -0.335. The topological polar surface area (TPSA) is 86.3 Å². The maximum absolute atomic E-state index is 12.4. The molecule has 1 aromatic heterocycles. The molecule has 7 heteroatoms. The zero-order valence-electron chi connectivity index (χ0n) is 10.6. The SMILES string of the molecule is Cc1[nH]ncc1S(=O)(=O)N(C)C1CCCCC1O. The zero-order chi connectivity index (χ0) is 13.3. The van der Waals surface area contributed by atoms with Gasteiger partial charge in [0.05, 0.1) is 24.0 Å². The highest BCUT2D eigenvalue weighted by Crippen LogP contribution is 2.27. The normalized spacial score (nSPS) is 25.6. The summed E-state index contributed by atoms with van der Waals surface area (Å²) in [7, 11) is -2.05. The lowest BCUT2D eigenvalue weighted by Crippen LogP contribution is -2.46. The molecule has 1 aliphatic carbocycles. The van der Waals surface area contributed by atoms with Gasteiger partial charge in [0.15, 0.2) is 0 Å². The minimum atomic E-state index is -3.58. The smallest absolute Gasteiger partial charge is 0.246 e. The second-order valence-corrected chi connectivity index (χ2v) is 6.77. The van der Waals surface area contributed by atoms with Gasteiger partial charge in [-0.25, -0.2) is 8.42 Å². The second-order valence-electron chi connectivity index (χ2n) is 4.80. The largest absolute Gasteiger partial charge is 0.391 e. The summed E-state index contributed by atoms with van der Waals surface area (Å²) in [5.74, 6) is 0. The number of nitrogens with zero attached hydrogens (tertiary/aromatic N) is 2. The van der Waals surface area contributed by atoms with Crippen molar-refractivity contribution in [1.82, 2.24) is 14.5 Å². The molecular formula is C11H19N3O3S. The minimum absolute atomic E-state index is 0.183. The molecule has 0 bridgehead atoms. The van der Waals surface area contributed by atoms with Gasteiger partial charge < -0.3 is 5.11 Å². The number of nitrogens with one attached hydrogen (secondary N) is 1. The van der Waals surface area contributed by atoms with Crippen LogP contribution in [0, 0.1) is 6.92 Å². The van der Waals surface area contributed by atoms with Gasteiger partial charge in [0.25, 0.3) is 0 Å². The van der Waals surface area contributed by atoms with Crippen LogP contribution in [0.25, 0.3) is 0 Å². The van der Waals surface area contributed by atoms with Crippen molar-refractivity contribution < 1.29 is 13.5 Å². The number of rotatable bonds is 3. The number of hydrogen-bond acceptors (Lipinski definition) is 4. The van der Waals surface area contributed by atoms with Gasteiger partial charge in [0.2, 0.25) is 10.0 Å². The Labute approximate surface area is 107 Å². The Morgan fingerprint density at radius 1 is 1.44 bits per heavy atom. The Morgan fingerprint density at radius 3 is 2.67 bits per heavy atom. The Bertz CT molecular complexity index is 511. The van der Waals surface area contributed by atoms with Crippen molar-refractivity contribution in [2.45, 2.75) is 49.6 Å². The third-order valence-electron chi connectivity index (χ3n) is 3.60. The minimum Gasteiger partial charge on any atom is -0.391 e. The van der Waals surface area contributed by atoms with Crippen molar-refractivity contribution in [3.05, 3.63) is 11.9 Å². The summed E-state index contributed by atoms with van der Waals surface area (Å²) in [6.07, 6.45) is 4.01. The number of aromatic nitrogens is 2. The molecule has 0 saturated heterocycles. The number of aliphatic hydroxyl groups is 1. The van der Waals surface area contributed by atoms with E-state index >= 15 is 0 Å². The highest BCUT2D eigenvalue weighted by atomic mass is 32.2. The van der Waals surface area contributed by atoms with Crippen LogP contribution < -0.4 is 0 Å². The lowest BCUT2D eigenvalue weighted by Gasteiger charge is -2.34. The van der Waals surface area contributed by atoms with Crippen LogP contribution >= 0.6 is 0 Å².